The van der Waals surface area contributed by atoms with Crippen molar-refractivity contribution in [3.63, 3.8) is 0 Å². The lowest BCUT2D eigenvalue weighted by molar-refractivity contribution is -0.141. The number of aromatic nitrogens is 1. The second-order valence-corrected chi connectivity index (χ2v) is 13.0. The number of amides is 3. The van der Waals surface area contributed by atoms with Gasteiger partial charge in [0.2, 0.25) is 17.7 Å². The van der Waals surface area contributed by atoms with Gasteiger partial charge in [-0.15, -0.1) is 0 Å². The van der Waals surface area contributed by atoms with E-state index in [1.54, 1.807) is 7.11 Å². The lowest BCUT2D eigenvalue weighted by Crippen LogP contribution is -2.52. The molecule has 51 heavy (non-hydrogen) atoms. The standard InChI is InChI=1S/C42H48N4O5/c1-51-34-24-22-32(23-25-34)17-11-19-36(37(41(48)46-50)20-10-16-30-12-4-2-5-13-30)40(47)45-39(28-33-29-44-38-21-9-8-18-35(33)38)42(49)43-27-26-31-14-6-3-7-15-31/h2-9,12-15,18,21-25,29,36-37,39,44,50H,10-11,16-17,19-20,26-28H2,1H3,(H,43,49)(H,45,47)(H,46,48)/t36-,37+,39+/m1/s1. The van der Waals surface area contributed by atoms with E-state index in [1.165, 1.54) is 0 Å². The first-order valence-corrected chi connectivity index (χ1v) is 17.7. The Morgan fingerprint density at radius 2 is 1.25 bits per heavy atom. The Bertz CT molecular complexity index is 1820. The van der Waals surface area contributed by atoms with E-state index < -0.39 is 23.8 Å². The number of para-hydroxylation sites is 1. The summed E-state index contributed by atoms with van der Waals surface area (Å²) in [5, 5.41) is 16.9. The molecule has 0 fully saturated rings. The molecule has 0 aliphatic carbocycles. The van der Waals surface area contributed by atoms with Crippen LogP contribution < -0.4 is 20.9 Å². The highest BCUT2D eigenvalue weighted by atomic mass is 16.5. The van der Waals surface area contributed by atoms with Crippen LogP contribution >= 0.6 is 0 Å². The predicted molar refractivity (Wildman–Crippen MR) is 199 cm³/mol. The molecule has 0 bridgehead atoms. The summed E-state index contributed by atoms with van der Waals surface area (Å²) in [5.74, 6) is -2.11. The van der Waals surface area contributed by atoms with E-state index >= 15 is 0 Å². The number of hydrogen-bond donors (Lipinski definition) is 5. The molecule has 9 nitrogen and oxygen atoms in total. The van der Waals surface area contributed by atoms with Crippen LogP contribution in [0.5, 0.6) is 5.75 Å². The second-order valence-electron chi connectivity index (χ2n) is 13.0. The smallest absolute Gasteiger partial charge is 0.247 e. The molecular weight excluding hydrogens is 640 g/mol. The zero-order valence-corrected chi connectivity index (χ0v) is 29.1. The molecule has 0 unspecified atom stereocenters. The lowest BCUT2D eigenvalue weighted by atomic mass is 9.82. The maximum Gasteiger partial charge on any atom is 0.247 e. The monoisotopic (exact) mass is 688 g/mol. The number of hydrogen-bond acceptors (Lipinski definition) is 5. The van der Waals surface area contributed by atoms with Gasteiger partial charge >= 0.3 is 0 Å². The van der Waals surface area contributed by atoms with Crippen LogP contribution in [0.25, 0.3) is 10.9 Å². The Balaban J connectivity index is 1.36. The summed E-state index contributed by atoms with van der Waals surface area (Å²) in [4.78, 5) is 44.7. The minimum absolute atomic E-state index is 0.260. The number of fused-ring (bicyclic) bond motifs is 1. The van der Waals surface area contributed by atoms with Crippen molar-refractivity contribution in [2.75, 3.05) is 13.7 Å². The summed E-state index contributed by atoms with van der Waals surface area (Å²) in [7, 11) is 1.62. The Morgan fingerprint density at radius 3 is 1.88 bits per heavy atom. The summed E-state index contributed by atoms with van der Waals surface area (Å²) in [6.45, 7) is 0.406. The van der Waals surface area contributed by atoms with Crippen LogP contribution in [-0.4, -0.2) is 47.6 Å². The number of nitrogens with one attached hydrogen (secondary N) is 4. The minimum atomic E-state index is -0.890. The number of methoxy groups -OCH3 is 1. The number of ether oxygens (including phenoxy) is 1. The van der Waals surface area contributed by atoms with E-state index in [1.807, 2.05) is 121 Å². The molecule has 3 amide bonds. The highest BCUT2D eigenvalue weighted by molar-refractivity contribution is 5.92. The molecule has 4 aromatic carbocycles. The SMILES string of the molecule is COc1ccc(CCC[C@@H](C(=O)N[C@@H](Cc2c[nH]c3ccccc23)C(=O)NCCc2ccccc2)[C@H](CCCc2ccccc2)C(=O)NO)cc1. The number of H-pyrrole nitrogens is 1. The molecule has 0 saturated carbocycles. The first kappa shape index (κ1) is 36.9. The molecule has 1 aromatic heterocycles. The Hall–Kier alpha value is -5.41. The number of hydroxylamine groups is 1. The van der Waals surface area contributed by atoms with Crippen molar-refractivity contribution in [1.82, 2.24) is 21.1 Å². The maximum absolute atomic E-state index is 14.4. The van der Waals surface area contributed by atoms with E-state index in [2.05, 4.69) is 15.6 Å². The first-order chi connectivity index (χ1) is 24.9. The average molecular weight is 689 g/mol. The van der Waals surface area contributed by atoms with Gasteiger partial charge in [0.05, 0.1) is 13.0 Å². The quantitative estimate of drug-likeness (QED) is 0.0510. The highest BCUT2D eigenvalue weighted by Crippen LogP contribution is 2.27. The fourth-order valence-corrected chi connectivity index (χ4v) is 6.71. The molecule has 0 saturated heterocycles. The molecule has 3 atom stereocenters. The third-order valence-electron chi connectivity index (χ3n) is 9.52. The Morgan fingerprint density at radius 1 is 0.686 bits per heavy atom. The van der Waals surface area contributed by atoms with E-state index in [9.17, 15) is 19.6 Å². The predicted octanol–water partition coefficient (Wildman–Crippen LogP) is 6.35. The molecule has 1 heterocycles. The zero-order chi connectivity index (χ0) is 35.8. The molecule has 266 valence electrons. The summed E-state index contributed by atoms with van der Waals surface area (Å²) in [6.07, 6.45) is 6.23. The summed E-state index contributed by atoms with van der Waals surface area (Å²) in [5.41, 5.74) is 6.98. The summed E-state index contributed by atoms with van der Waals surface area (Å²) < 4.78 is 5.29. The van der Waals surface area contributed by atoms with Crippen LogP contribution in [0, 0.1) is 11.8 Å². The number of carbonyl (C=O) groups excluding carboxylic acids is 3. The summed E-state index contributed by atoms with van der Waals surface area (Å²) >= 11 is 0. The number of aryl methyl sites for hydroxylation is 2. The van der Waals surface area contributed by atoms with Crippen LogP contribution in [0.2, 0.25) is 0 Å². The molecule has 5 N–H and O–H groups in total. The van der Waals surface area contributed by atoms with Crippen LogP contribution in [0.4, 0.5) is 0 Å². The van der Waals surface area contributed by atoms with E-state index in [-0.39, 0.29) is 18.2 Å². The first-order valence-electron chi connectivity index (χ1n) is 17.7. The van der Waals surface area contributed by atoms with Crippen molar-refractivity contribution in [2.45, 2.75) is 57.4 Å². The minimum Gasteiger partial charge on any atom is -0.497 e. The van der Waals surface area contributed by atoms with Gasteiger partial charge in [-0.05, 0) is 85.4 Å². The van der Waals surface area contributed by atoms with Crippen molar-refractivity contribution >= 4 is 28.6 Å². The van der Waals surface area contributed by atoms with Crippen molar-refractivity contribution < 1.29 is 24.3 Å². The lowest BCUT2D eigenvalue weighted by Gasteiger charge is -2.27. The van der Waals surface area contributed by atoms with Gasteiger partial charge in [-0.25, -0.2) is 5.48 Å². The third-order valence-corrected chi connectivity index (χ3v) is 9.52. The molecule has 5 aromatic rings. The third kappa shape index (κ3) is 10.8. The van der Waals surface area contributed by atoms with Gasteiger partial charge in [0.25, 0.3) is 0 Å². The van der Waals surface area contributed by atoms with Crippen LogP contribution in [0.3, 0.4) is 0 Å². The van der Waals surface area contributed by atoms with Gasteiger partial charge in [0.1, 0.15) is 11.8 Å². The molecular formula is C42H48N4O5. The number of carbonyl (C=O) groups is 3. The molecule has 9 heteroatoms. The van der Waals surface area contributed by atoms with Crippen molar-refractivity contribution in [3.05, 3.63) is 138 Å². The second kappa shape index (κ2) is 19.1. The highest BCUT2D eigenvalue weighted by Gasteiger charge is 2.35. The van der Waals surface area contributed by atoms with Crippen molar-refractivity contribution in [2.24, 2.45) is 11.8 Å². The van der Waals surface area contributed by atoms with E-state index in [0.29, 0.717) is 45.1 Å². The summed E-state index contributed by atoms with van der Waals surface area (Å²) in [6, 6.07) is 34.6. The van der Waals surface area contributed by atoms with Crippen molar-refractivity contribution in [3.8, 4) is 5.75 Å². The molecule has 0 aliphatic heterocycles. The van der Waals surface area contributed by atoms with Gasteiger partial charge in [0, 0.05) is 36.0 Å². The number of rotatable bonds is 19. The normalized spacial score (nSPS) is 12.8. The molecule has 5 rings (SSSR count). The van der Waals surface area contributed by atoms with Crippen LogP contribution in [-0.2, 0) is 40.1 Å². The maximum atomic E-state index is 14.4. The van der Waals surface area contributed by atoms with Crippen molar-refractivity contribution in [1.29, 1.82) is 0 Å². The largest absolute Gasteiger partial charge is 0.497 e. The Kier molecular flexibility index (Phi) is 13.8. The number of aromatic amines is 1. The molecule has 0 radical (unpaired) electrons. The van der Waals surface area contributed by atoms with Crippen LogP contribution in [0.15, 0.2) is 115 Å². The average Bonchev–Trinajstić information content (AvgIpc) is 3.58. The van der Waals surface area contributed by atoms with Gasteiger partial charge in [0.15, 0.2) is 0 Å². The van der Waals surface area contributed by atoms with E-state index in [4.69, 9.17) is 4.74 Å². The van der Waals surface area contributed by atoms with Gasteiger partial charge < -0.3 is 20.4 Å². The van der Waals surface area contributed by atoms with Gasteiger partial charge in [-0.1, -0.05) is 91.0 Å². The topological polar surface area (TPSA) is 133 Å². The number of benzene rings is 4. The zero-order valence-electron chi connectivity index (χ0n) is 29.1. The fourth-order valence-electron chi connectivity index (χ4n) is 6.71. The van der Waals surface area contributed by atoms with Crippen LogP contribution in [0.1, 0.15) is 47.9 Å². The fraction of sp³-hybridized carbons (Fsp3) is 0.310. The Labute approximate surface area is 299 Å². The molecule has 0 aliphatic rings. The van der Waals surface area contributed by atoms with Gasteiger partial charge in [-0.2, -0.15) is 0 Å². The molecule has 0 spiro atoms. The van der Waals surface area contributed by atoms with Gasteiger partial charge in [-0.3, -0.25) is 19.6 Å². The van der Waals surface area contributed by atoms with E-state index in [0.717, 1.165) is 45.3 Å².